The van der Waals surface area contributed by atoms with Crippen LogP contribution in [0.25, 0.3) is 11.5 Å². The zero-order chi connectivity index (χ0) is 26.1. The summed E-state index contributed by atoms with van der Waals surface area (Å²) in [5.74, 6) is 0.804. The quantitative estimate of drug-likeness (QED) is 0.543. The molecule has 0 atom stereocenters. The first-order chi connectivity index (χ1) is 17.8. The Morgan fingerprint density at radius 1 is 1.14 bits per heavy atom. The number of benzene rings is 1. The van der Waals surface area contributed by atoms with E-state index in [-0.39, 0.29) is 29.7 Å². The van der Waals surface area contributed by atoms with E-state index in [2.05, 4.69) is 15.4 Å². The van der Waals surface area contributed by atoms with Crippen molar-refractivity contribution in [3.05, 3.63) is 57.2 Å². The Balaban J connectivity index is 1.55. The van der Waals surface area contributed by atoms with Crippen molar-refractivity contribution in [3.63, 3.8) is 0 Å². The SMILES string of the molecule is CC(=O)N1CCN(c2c(C)n(CC(=O)Nc3ccc(Cl)cc3)c3nc(C4=CCCCO4)nn3c2=O)CC1. The molecule has 2 amide bonds. The molecular formula is C25H28ClN7O4. The van der Waals surface area contributed by atoms with Crippen molar-refractivity contribution in [1.29, 1.82) is 0 Å². The summed E-state index contributed by atoms with van der Waals surface area (Å²) in [5.41, 5.74) is 1.31. The van der Waals surface area contributed by atoms with Crippen LogP contribution in [-0.2, 0) is 20.9 Å². The van der Waals surface area contributed by atoms with Crippen LogP contribution in [0, 0.1) is 6.92 Å². The second kappa shape index (κ2) is 10.3. The number of nitrogens with one attached hydrogen (secondary N) is 1. The summed E-state index contributed by atoms with van der Waals surface area (Å²) in [6.07, 6.45) is 3.66. The Labute approximate surface area is 218 Å². The number of anilines is 2. The lowest BCUT2D eigenvalue weighted by Gasteiger charge is -2.36. The molecule has 11 nitrogen and oxygen atoms in total. The molecule has 1 N–H and O–H groups in total. The van der Waals surface area contributed by atoms with E-state index in [4.69, 9.17) is 16.3 Å². The number of amides is 2. The van der Waals surface area contributed by atoms with Crippen molar-refractivity contribution in [2.24, 2.45) is 0 Å². The number of fused-ring (bicyclic) bond motifs is 1. The molecule has 0 radical (unpaired) electrons. The number of hydrogen-bond donors (Lipinski definition) is 1. The molecule has 0 unspecified atom stereocenters. The highest BCUT2D eigenvalue weighted by Gasteiger charge is 2.27. The van der Waals surface area contributed by atoms with Gasteiger partial charge in [-0.1, -0.05) is 11.6 Å². The second-order valence-corrected chi connectivity index (χ2v) is 9.52. The molecule has 3 aromatic rings. The lowest BCUT2D eigenvalue weighted by molar-refractivity contribution is -0.129. The van der Waals surface area contributed by atoms with E-state index < -0.39 is 0 Å². The van der Waals surface area contributed by atoms with Gasteiger partial charge in [0.05, 0.1) is 6.61 Å². The summed E-state index contributed by atoms with van der Waals surface area (Å²) in [5, 5.41) is 7.91. The van der Waals surface area contributed by atoms with Crippen LogP contribution in [0.5, 0.6) is 0 Å². The summed E-state index contributed by atoms with van der Waals surface area (Å²) in [6, 6.07) is 6.83. The van der Waals surface area contributed by atoms with E-state index in [9.17, 15) is 14.4 Å². The third-order valence-electron chi connectivity index (χ3n) is 6.60. The van der Waals surface area contributed by atoms with Gasteiger partial charge in [-0.05, 0) is 50.1 Å². The lowest BCUT2D eigenvalue weighted by atomic mass is 10.2. The van der Waals surface area contributed by atoms with Crippen molar-refractivity contribution in [2.45, 2.75) is 33.2 Å². The minimum atomic E-state index is -0.326. The predicted molar refractivity (Wildman–Crippen MR) is 140 cm³/mol. The lowest BCUT2D eigenvalue weighted by Crippen LogP contribution is -2.50. The summed E-state index contributed by atoms with van der Waals surface area (Å²) in [6.45, 7) is 5.81. The predicted octanol–water partition coefficient (Wildman–Crippen LogP) is 2.31. The number of hydrogen-bond acceptors (Lipinski definition) is 7. The molecule has 4 heterocycles. The molecule has 5 rings (SSSR count). The van der Waals surface area contributed by atoms with E-state index >= 15 is 0 Å². The van der Waals surface area contributed by atoms with Gasteiger partial charge in [-0.15, -0.1) is 5.10 Å². The number of aromatic nitrogens is 4. The number of halogens is 1. The first-order valence-electron chi connectivity index (χ1n) is 12.2. The number of allylic oxidation sites excluding steroid dienone is 1. The summed E-state index contributed by atoms with van der Waals surface area (Å²) < 4.78 is 8.66. The Hall–Kier alpha value is -3.86. The van der Waals surface area contributed by atoms with Gasteiger partial charge in [0.1, 0.15) is 12.2 Å². The highest BCUT2D eigenvalue weighted by Crippen LogP contribution is 2.23. The topological polar surface area (TPSA) is 114 Å². The maximum Gasteiger partial charge on any atom is 0.299 e. The van der Waals surface area contributed by atoms with Gasteiger partial charge in [-0.3, -0.25) is 14.4 Å². The fourth-order valence-electron chi connectivity index (χ4n) is 4.64. The molecule has 194 valence electrons. The van der Waals surface area contributed by atoms with Crippen LogP contribution in [0.15, 0.2) is 35.1 Å². The molecule has 1 saturated heterocycles. The molecule has 1 aromatic carbocycles. The average Bonchev–Trinajstić information content (AvgIpc) is 3.35. The maximum atomic E-state index is 13.7. The Morgan fingerprint density at radius 2 is 1.86 bits per heavy atom. The molecular weight excluding hydrogens is 498 g/mol. The molecule has 1 fully saturated rings. The molecule has 37 heavy (non-hydrogen) atoms. The fraction of sp³-hybridized carbons (Fsp3) is 0.400. The maximum absolute atomic E-state index is 13.7. The third-order valence-corrected chi connectivity index (χ3v) is 6.85. The van der Waals surface area contributed by atoms with Gasteiger partial charge in [-0.2, -0.15) is 9.50 Å². The van der Waals surface area contributed by atoms with E-state index in [0.29, 0.717) is 66.5 Å². The molecule has 0 saturated carbocycles. The molecule has 0 bridgehead atoms. The van der Waals surface area contributed by atoms with Crippen molar-refractivity contribution in [2.75, 3.05) is 43.0 Å². The highest BCUT2D eigenvalue weighted by molar-refractivity contribution is 6.30. The van der Waals surface area contributed by atoms with Gasteiger partial charge in [0, 0.05) is 49.5 Å². The normalized spacial score (nSPS) is 15.9. The van der Waals surface area contributed by atoms with E-state index in [1.54, 1.807) is 40.7 Å². The highest BCUT2D eigenvalue weighted by atomic mass is 35.5. The van der Waals surface area contributed by atoms with Gasteiger partial charge >= 0.3 is 0 Å². The van der Waals surface area contributed by atoms with Crippen LogP contribution in [-0.4, -0.2) is 68.7 Å². The minimum Gasteiger partial charge on any atom is -0.490 e. The zero-order valence-corrected chi connectivity index (χ0v) is 21.5. The minimum absolute atomic E-state index is 0.00443. The van der Waals surface area contributed by atoms with Crippen molar-refractivity contribution in [1.82, 2.24) is 24.1 Å². The number of carbonyl (C=O) groups is 2. The van der Waals surface area contributed by atoms with Gasteiger partial charge in [0.2, 0.25) is 23.4 Å². The number of nitrogens with zero attached hydrogens (tertiary/aromatic N) is 6. The van der Waals surface area contributed by atoms with Crippen molar-refractivity contribution in [3.8, 4) is 0 Å². The number of ether oxygens (including phenoxy) is 1. The fourth-order valence-corrected chi connectivity index (χ4v) is 4.77. The molecule has 2 aromatic heterocycles. The number of rotatable bonds is 5. The summed E-state index contributed by atoms with van der Waals surface area (Å²) in [7, 11) is 0. The van der Waals surface area contributed by atoms with Gasteiger partial charge in [0.25, 0.3) is 5.56 Å². The Kier molecular flexibility index (Phi) is 6.88. The first kappa shape index (κ1) is 24.8. The molecule has 0 spiro atoms. The van der Waals surface area contributed by atoms with Crippen LogP contribution in [0.4, 0.5) is 11.4 Å². The van der Waals surface area contributed by atoms with E-state index in [1.165, 1.54) is 11.4 Å². The monoisotopic (exact) mass is 525 g/mol. The summed E-state index contributed by atoms with van der Waals surface area (Å²) >= 11 is 5.96. The first-order valence-corrected chi connectivity index (χ1v) is 12.6. The standard InChI is InChI=1S/C25H28ClN7O4/c1-16-22(31-12-10-30(11-13-31)17(2)34)24(36)33-25(28-23(29-33)20-5-3-4-14-37-20)32(16)15-21(35)27-19-8-6-18(26)7-9-19/h5-9H,3-4,10-15H2,1-2H3,(H,27,35). The third kappa shape index (κ3) is 5.04. The zero-order valence-electron chi connectivity index (χ0n) is 20.7. The van der Waals surface area contributed by atoms with Gasteiger partial charge < -0.3 is 24.4 Å². The van der Waals surface area contributed by atoms with Crippen LogP contribution in [0.2, 0.25) is 5.02 Å². The largest absolute Gasteiger partial charge is 0.490 e. The van der Waals surface area contributed by atoms with Crippen molar-refractivity contribution < 1.29 is 14.3 Å². The Morgan fingerprint density at radius 3 is 2.51 bits per heavy atom. The van der Waals surface area contributed by atoms with Crippen LogP contribution < -0.4 is 15.8 Å². The van der Waals surface area contributed by atoms with Gasteiger partial charge in [-0.25, -0.2) is 0 Å². The Bertz CT molecular complexity index is 1440. The molecule has 12 heteroatoms. The molecule has 0 aliphatic carbocycles. The molecule has 2 aliphatic rings. The van der Waals surface area contributed by atoms with E-state index in [1.807, 2.05) is 11.0 Å². The molecule has 2 aliphatic heterocycles. The van der Waals surface area contributed by atoms with Crippen molar-refractivity contribution >= 4 is 46.3 Å². The van der Waals surface area contributed by atoms with E-state index in [0.717, 1.165) is 12.8 Å². The smallest absolute Gasteiger partial charge is 0.299 e. The second-order valence-electron chi connectivity index (χ2n) is 9.08. The average molecular weight is 526 g/mol. The van der Waals surface area contributed by atoms with Crippen LogP contribution in [0.3, 0.4) is 0 Å². The van der Waals surface area contributed by atoms with Gasteiger partial charge in [0.15, 0.2) is 5.76 Å². The number of carbonyl (C=O) groups excluding carboxylic acids is 2. The van der Waals surface area contributed by atoms with Crippen LogP contribution >= 0.6 is 11.6 Å². The van der Waals surface area contributed by atoms with Crippen LogP contribution in [0.1, 0.15) is 31.3 Å². The number of piperazine rings is 1. The summed E-state index contributed by atoms with van der Waals surface area (Å²) in [4.78, 5) is 46.8.